The zero-order chi connectivity index (χ0) is 19.5. The fraction of sp³-hybridized carbons (Fsp3) is 0.900. The lowest BCUT2D eigenvalue weighted by Crippen LogP contribution is -2.46. The second-order valence-corrected chi connectivity index (χ2v) is 7.55. The Balaban J connectivity index is 0.00000676. The van der Waals surface area contributed by atoms with Gasteiger partial charge in [0.25, 0.3) is 0 Å². The van der Waals surface area contributed by atoms with Gasteiger partial charge in [0.05, 0.1) is 6.54 Å². The van der Waals surface area contributed by atoms with Crippen molar-refractivity contribution in [1.29, 1.82) is 0 Å². The van der Waals surface area contributed by atoms with E-state index in [1.807, 2.05) is 11.8 Å². The van der Waals surface area contributed by atoms with Gasteiger partial charge in [-0.2, -0.15) is 0 Å². The Morgan fingerprint density at radius 1 is 1.22 bits per heavy atom. The van der Waals surface area contributed by atoms with Gasteiger partial charge in [0.1, 0.15) is 0 Å². The van der Waals surface area contributed by atoms with Gasteiger partial charge in [-0.1, -0.05) is 34.6 Å². The fourth-order valence-corrected chi connectivity index (χ4v) is 3.66. The molecule has 0 saturated carbocycles. The first-order valence-electron chi connectivity index (χ1n) is 10.5. The van der Waals surface area contributed by atoms with Crippen molar-refractivity contribution in [3.8, 4) is 0 Å². The van der Waals surface area contributed by atoms with Crippen LogP contribution in [0.5, 0.6) is 0 Å². The summed E-state index contributed by atoms with van der Waals surface area (Å²) in [5.74, 6) is 1.79. The van der Waals surface area contributed by atoms with Crippen molar-refractivity contribution in [2.45, 2.75) is 72.9 Å². The fourth-order valence-electron chi connectivity index (χ4n) is 3.66. The molecule has 1 heterocycles. The Hall–Kier alpha value is -0.570. The SMILES string of the molecule is CCNC(=NCC(CC(C)C)N(CC)CC)NC1CCN(C(=O)CC)C1.I. The summed E-state index contributed by atoms with van der Waals surface area (Å²) >= 11 is 0. The standard InChI is InChI=1S/C20H41N5O.HI/c1-7-19(26)25-12-11-17(15-25)23-20(21-8-2)22-14-18(13-16(5)6)24(9-3)10-4;/h16-18H,7-15H2,1-6H3,(H2,21,22,23);1H. The minimum atomic E-state index is 0. The van der Waals surface area contributed by atoms with E-state index in [1.54, 1.807) is 0 Å². The summed E-state index contributed by atoms with van der Waals surface area (Å²) in [4.78, 5) is 21.2. The number of carbonyl (C=O) groups excluding carboxylic acids is 1. The first-order chi connectivity index (χ1) is 12.4. The van der Waals surface area contributed by atoms with Crippen LogP contribution in [0.4, 0.5) is 0 Å². The number of carbonyl (C=O) groups is 1. The van der Waals surface area contributed by atoms with Crippen LogP contribution in [-0.4, -0.2) is 73.0 Å². The molecule has 1 saturated heterocycles. The average molecular weight is 495 g/mol. The predicted molar refractivity (Wildman–Crippen MR) is 126 cm³/mol. The van der Waals surface area contributed by atoms with Gasteiger partial charge in [0.2, 0.25) is 5.91 Å². The molecule has 1 rings (SSSR count). The van der Waals surface area contributed by atoms with Crippen molar-refractivity contribution in [1.82, 2.24) is 20.4 Å². The first-order valence-corrected chi connectivity index (χ1v) is 10.5. The molecule has 7 heteroatoms. The number of hydrogen-bond acceptors (Lipinski definition) is 3. The number of likely N-dealkylation sites (N-methyl/N-ethyl adjacent to an activating group) is 1. The van der Waals surface area contributed by atoms with Crippen LogP contribution in [0.2, 0.25) is 0 Å². The summed E-state index contributed by atoms with van der Waals surface area (Å²) in [7, 11) is 0. The lowest BCUT2D eigenvalue weighted by molar-refractivity contribution is -0.129. The molecule has 0 spiro atoms. The number of guanidine groups is 1. The number of aliphatic imine (C=N–C) groups is 1. The van der Waals surface area contributed by atoms with Gasteiger partial charge >= 0.3 is 0 Å². The maximum atomic E-state index is 11.9. The van der Waals surface area contributed by atoms with Gasteiger partial charge in [-0.3, -0.25) is 14.7 Å². The molecule has 2 N–H and O–H groups in total. The molecule has 2 unspecified atom stereocenters. The van der Waals surface area contributed by atoms with Crippen LogP contribution in [0.3, 0.4) is 0 Å². The summed E-state index contributed by atoms with van der Waals surface area (Å²) in [5.41, 5.74) is 0. The number of nitrogens with zero attached hydrogens (tertiary/aromatic N) is 3. The van der Waals surface area contributed by atoms with Crippen molar-refractivity contribution < 1.29 is 4.79 Å². The zero-order valence-corrected chi connectivity index (χ0v) is 20.6. The highest BCUT2D eigenvalue weighted by Gasteiger charge is 2.26. The number of amides is 1. The first kappa shape index (κ1) is 26.4. The van der Waals surface area contributed by atoms with Crippen LogP contribution in [-0.2, 0) is 4.79 Å². The summed E-state index contributed by atoms with van der Waals surface area (Å²) in [6.07, 6.45) is 2.73. The summed E-state index contributed by atoms with van der Waals surface area (Å²) in [6, 6.07) is 0.766. The van der Waals surface area contributed by atoms with Crippen LogP contribution < -0.4 is 10.6 Å². The molecule has 6 nitrogen and oxygen atoms in total. The van der Waals surface area contributed by atoms with Crippen molar-refractivity contribution in [3.05, 3.63) is 0 Å². The number of likely N-dealkylation sites (tertiary alicyclic amines) is 1. The topological polar surface area (TPSA) is 60.0 Å². The zero-order valence-electron chi connectivity index (χ0n) is 18.3. The van der Waals surface area contributed by atoms with E-state index in [9.17, 15) is 4.79 Å². The smallest absolute Gasteiger partial charge is 0.222 e. The van der Waals surface area contributed by atoms with Crippen molar-refractivity contribution >= 4 is 35.8 Å². The van der Waals surface area contributed by atoms with E-state index in [4.69, 9.17) is 4.99 Å². The second-order valence-electron chi connectivity index (χ2n) is 7.55. The van der Waals surface area contributed by atoms with Crippen molar-refractivity contribution in [2.75, 3.05) is 39.3 Å². The third-order valence-electron chi connectivity index (χ3n) is 5.06. The van der Waals surface area contributed by atoms with Crippen LogP contribution in [0.15, 0.2) is 4.99 Å². The summed E-state index contributed by atoms with van der Waals surface area (Å²) < 4.78 is 0. The number of hydrogen-bond donors (Lipinski definition) is 2. The van der Waals surface area contributed by atoms with Crippen molar-refractivity contribution in [2.24, 2.45) is 10.9 Å². The third kappa shape index (κ3) is 9.45. The highest BCUT2D eigenvalue weighted by Crippen LogP contribution is 2.13. The Bertz CT molecular complexity index is 440. The molecule has 0 aromatic carbocycles. The largest absolute Gasteiger partial charge is 0.357 e. The van der Waals surface area contributed by atoms with Gasteiger partial charge in [-0.05, 0) is 38.8 Å². The third-order valence-corrected chi connectivity index (χ3v) is 5.06. The van der Waals surface area contributed by atoms with Gasteiger partial charge in [0.15, 0.2) is 5.96 Å². The van der Waals surface area contributed by atoms with Crippen LogP contribution in [0.1, 0.15) is 60.8 Å². The average Bonchev–Trinajstić information content (AvgIpc) is 3.07. The van der Waals surface area contributed by atoms with E-state index in [0.717, 1.165) is 58.1 Å². The van der Waals surface area contributed by atoms with Crippen LogP contribution in [0.25, 0.3) is 0 Å². The maximum Gasteiger partial charge on any atom is 0.222 e. The van der Waals surface area contributed by atoms with Gasteiger partial charge < -0.3 is 15.5 Å². The maximum absolute atomic E-state index is 11.9. The molecule has 1 fully saturated rings. The van der Waals surface area contributed by atoms with Crippen LogP contribution >= 0.6 is 24.0 Å². The number of halogens is 1. The highest BCUT2D eigenvalue weighted by atomic mass is 127. The molecule has 0 aromatic rings. The molecule has 0 bridgehead atoms. The molecule has 1 amide bonds. The molecule has 2 atom stereocenters. The molecular formula is C20H42IN5O. The monoisotopic (exact) mass is 495 g/mol. The minimum absolute atomic E-state index is 0. The quantitative estimate of drug-likeness (QED) is 0.278. The lowest BCUT2D eigenvalue weighted by atomic mass is 10.0. The van der Waals surface area contributed by atoms with E-state index in [0.29, 0.717) is 24.4 Å². The lowest BCUT2D eigenvalue weighted by Gasteiger charge is -2.30. The predicted octanol–water partition coefficient (Wildman–Crippen LogP) is 2.93. The van der Waals surface area contributed by atoms with E-state index in [2.05, 4.69) is 50.2 Å². The second kappa shape index (κ2) is 14.4. The van der Waals surface area contributed by atoms with Gasteiger partial charge in [0, 0.05) is 38.1 Å². The molecule has 0 aromatic heterocycles. The number of nitrogens with one attached hydrogen (secondary N) is 2. The van der Waals surface area contributed by atoms with E-state index < -0.39 is 0 Å². The Kier molecular flexibility index (Phi) is 14.1. The Morgan fingerprint density at radius 2 is 1.89 bits per heavy atom. The van der Waals surface area contributed by atoms with E-state index in [-0.39, 0.29) is 29.9 Å². The van der Waals surface area contributed by atoms with Crippen LogP contribution in [0, 0.1) is 5.92 Å². The Labute approximate surface area is 183 Å². The molecule has 1 aliphatic heterocycles. The normalized spacial score (nSPS) is 18.6. The van der Waals surface area contributed by atoms with Gasteiger partial charge in [-0.25, -0.2) is 0 Å². The summed E-state index contributed by atoms with van der Waals surface area (Å²) in [5, 5.41) is 6.90. The molecule has 0 radical (unpaired) electrons. The molecule has 27 heavy (non-hydrogen) atoms. The van der Waals surface area contributed by atoms with E-state index >= 15 is 0 Å². The summed E-state index contributed by atoms with van der Waals surface area (Å²) in [6.45, 7) is 18.4. The minimum Gasteiger partial charge on any atom is -0.357 e. The van der Waals surface area contributed by atoms with Gasteiger partial charge in [-0.15, -0.1) is 24.0 Å². The van der Waals surface area contributed by atoms with E-state index in [1.165, 1.54) is 0 Å². The molecule has 160 valence electrons. The highest BCUT2D eigenvalue weighted by molar-refractivity contribution is 14.0. The molecule has 0 aliphatic carbocycles. The number of rotatable bonds is 10. The van der Waals surface area contributed by atoms with Crippen molar-refractivity contribution in [3.63, 3.8) is 0 Å². The Morgan fingerprint density at radius 3 is 2.41 bits per heavy atom. The molecular weight excluding hydrogens is 453 g/mol. The molecule has 1 aliphatic rings.